The minimum Gasteiger partial charge on any atom is -0.486 e. The fraction of sp³-hybridized carbons (Fsp3) is 0.522. The van der Waals surface area contributed by atoms with Crippen molar-refractivity contribution in [2.75, 3.05) is 10.8 Å². The molecule has 1 aromatic carbocycles. The molecule has 0 aliphatic carbocycles. The number of aliphatic hydroxyl groups is 1. The summed E-state index contributed by atoms with van der Waals surface area (Å²) in [4.78, 5) is 23.6. The Morgan fingerprint density at radius 3 is 2.50 bits per heavy atom. The normalized spacial score (nSPS) is 17.6. The van der Waals surface area contributed by atoms with E-state index < -0.39 is 39.3 Å². The third-order valence-corrected chi connectivity index (χ3v) is 7.56. The molecule has 3 rings (SSSR count). The number of carboxylic acid groups (broad SMARTS) is 1. The van der Waals surface area contributed by atoms with Gasteiger partial charge in [-0.2, -0.15) is 5.10 Å². The zero-order valence-electron chi connectivity index (χ0n) is 20.7. The van der Waals surface area contributed by atoms with Gasteiger partial charge in [-0.3, -0.25) is 13.8 Å². The molecule has 1 aliphatic heterocycles. The third-order valence-electron chi connectivity index (χ3n) is 5.39. The van der Waals surface area contributed by atoms with E-state index in [1.54, 1.807) is 33.8 Å². The lowest BCUT2D eigenvalue weighted by Crippen LogP contribution is -2.48. The first-order chi connectivity index (χ1) is 16.5. The van der Waals surface area contributed by atoms with Crippen LogP contribution in [0.4, 0.5) is 5.69 Å². The Morgan fingerprint density at radius 2 is 1.94 bits per heavy atom. The Labute approximate surface area is 214 Å². The minimum atomic E-state index is -4.29. The van der Waals surface area contributed by atoms with Gasteiger partial charge in [-0.1, -0.05) is 17.7 Å². The van der Waals surface area contributed by atoms with Crippen LogP contribution in [0.3, 0.4) is 0 Å². The fourth-order valence-electron chi connectivity index (χ4n) is 3.71. The molecular weight excluding hydrogens is 514 g/mol. The monoisotopic (exact) mass is 543 g/mol. The zero-order valence-corrected chi connectivity index (χ0v) is 22.3. The van der Waals surface area contributed by atoms with Crippen molar-refractivity contribution in [2.45, 2.75) is 76.2 Å². The van der Waals surface area contributed by atoms with Crippen LogP contribution in [-0.4, -0.2) is 64.2 Å². The highest BCUT2D eigenvalue weighted by molar-refractivity contribution is 7.93. The first kappa shape index (κ1) is 27.8. The standard InChI is InChI=1S/C23H30ClN3O8S/c1-6-26-13-18(20(24)25-26)36(32,33)27-12-15(11-23(5,31)21(29)30)34-17-8-7-14(9-16(17)27)10-19(28)35-22(2,3)4/h7-9,13,15,31H,6,10-12H2,1-5H3,(H,29,30)/t15-,23+/m0/s1. The van der Waals surface area contributed by atoms with E-state index >= 15 is 0 Å². The third kappa shape index (κ3) is 6.11. The Morgan fingerprint density at radius 1 is 1.28 bits per heavy atom. The van der Waals surface area contributed by atoms with E-state index in [-0.39, 0.29) is 40.9 Å². The molecular formula is C23H30ClN3O8S. The van der Waals surface area contributed by atoms with Gasteiger partial charge in [0.1, 0.15) is 22.4 Å². The molecule has 198 valence electrons. The lowest BCUT2D eigenvalue weighted by molar-refractivity contribution is -0.159. The summed E-state index contributed by atoms with van der Waals surface area (Å²) in [5.41, 5.74) is -2.21. The molecule has 0 radical (unpaired) electrons. The van der Waals surface area contributed by atoms with Gasteiger partial charge >= 0.3 is 11.9 Å². The summed E-state index contributed by atoms with van der Waals surface area (Å²) in [6.45, 7) is 8.20. The minimum absolute atomic E-state index is 0.107. The number of rotatable bonds is 8. The summed E-state index contributed by atoms with van der Waals surface area (Å²) in [5, 5.41) is 23.4. The number of hydrogen-bond donors (Lipinski definition) is 2. The quantitative estimate of drug-likeness (QED) is 0.479. The molecule has 13 heteroatoms. The van der Waals surface area contributed by atoms with Gasteiger partial charge in [-0.05, 0) is 52.3 Å². The van der Waals surface area contributed by atoms with E-state index in [9.17, 15) is 28.2 Å². The summed E-state index contributed by atoms with van der Waals surface area (Å²) in [5.74, 6) is -1.81. The SMILES string of the molecule is CCn1cc(S(=O)(=O)N2C[C@H](C[C@@](C)(O)C(=O)O)Oc3ccc(CC(=O)OC(C)(C)C)cc32)c(Cl)n1. The summed E-state index contributed by atoms with van der Waals surface area (Å²) in [6, 6.07) is 4.59. The molecule has 36 heavy (non-hydrogen) atoms. The van der Waals surface area contributed by atoms with Crippen LogP contribution in [0.25, 0.3) is 0 Å². The molecule has 1 aliphatic rings. The van der Waals surface area contributed by atoms with Crippen LogP contribution < -0.4 is 9.04 Å². The molecule has 2 N–H and O–H groups in total. The van der Waals surface area contributed by atoms with Crippen LogP contribution in [-0.2, 0) is 37.3 Å². The van der Waals surface area contributed by atoms with Gasteiger partial charge in [-0.25, -0.2) is 13.2 Å². The van der Waals surface area contributed by atoms with Crippen LogP contribution in [0.5, 0.6) is 5.75 Å². The Kier molecular flexibility index (Phi) is 7.64. The number of aryl methyl sites for hydroxylation is 1. The summed E-state index contributed by atoms with van der Waals surface area (Å²) in [7, 11) is -4.29. The molecule has 11 nitrogen and oxygen atoms in total. The zero-order chi connectivity index (χ0) is 27.1. The molecule has 0 amide bonds. The van der Waals surface area contributed by atoms with Gasteiger partial charge in [0.05, 0.1) is 18.7 Å². The molecule has 0 unspecified atom stereocenters. The van der Waals surface area contributed by atoms with Crippen molar-refractivity contribution >= 4 is 39.3 Å². The maximum atomic E-state index is 13.7. The van der Waals surface area contributed by atoms with Crippen LogP contribution >= 0.6 is 11.6 Å². The van der Waals surface area contributed by atoms with Gasteiger partial charge in [0, 0.05) is 19.2 Å². The number of halogens is 1. The second-order valence-electron chi connectivity index (χ2n) is 9.76. The molecule has 2 heterocycles. The van der Waals surface area contributed by atoms with E-state index in [1.165, 1.54) is 23.0 Å². The van der Waals surface area contributed by atoms with Gasteiger partial charge in [0.25, 0.3) is 10.0 Å². The number of benzene rings is 1. The lowest BCUT2D eigenvalue weighted by Gasteiger charge is -2.37. The van der Waals surface area contributed by atoms with E-state index in [0.717, 1.165) is 11.2 Å². The molecule has 1 aromatic heterocycles. The van der Waals surface area contributed by atoms with Crippen molar-refractivity contribution < 1.29 is 37.7 Å². The first-order valence-corrected chi connectivity index (χ1v) is 13.1. The predicted molar refractivity (Wildman–Crippen MR) is 131 cm³/mol. The molecule has 2 atom stereocenters. The molecule has 0 saturated carbocycles. The number of carboxylic acids is 1. The van der Waals surface area contributed by atoms with Gasteiger partial charge in [0.15, 0.2) is 10.8 Å². The number of ether oxygens (including phenoxy) is 2. The summed E-state index contributed by atoms with van der Waals surface area (Å²) < 4.78 is 41.1. The largest absolute Gasteiger partial charge is 0.486 e. The predicted octanol–water partition coefficient (Wildman–Crippen LogP) is 2.62. The maximum Gasteiger partial charge on any atom is 0.335 e. The highest BCUT2D eigenvalue weighted by Crippen LogP contribution is 2.40. The van der Waals surface area contributed by atoms with Crippen LogP contribution in [0.1, 0.15) is 46.6 Å². The van der Waals surface area contributed by atoms with Gasteiger partial charge in [-0.15, -0.1) is 0 Å². The average molecular weight is 544 g/mol. The summed E-state index contributed by atoms with van der Waals surface area (Å²) >= 11 is 6.15. The average Bonchev–Trinajstić information content (AvgIpc) is 3.13. The van der Waals surface area contributed by atoms with E-state index in [1.807, 2.05) is 0 Å². The van der Waals surface area contributed by atoms with Crippen LogP contribution in [0.2, 0.25) is 5.15 Å². The second kappa shape index (κ2) is 9.91. The first-order valence-electron chi connectivity index (χ1n) is 11.3. The Balaban J connectivity index is 2.05. The van der Waals surface area contributed by atoms with Crippen molar-refractivity contribution in [3.05, 3.63) is 35.1 Å². The van der Waals surface area contributed by atoms with Crippen molar-refractivity contribution in [3.63, 3.8) is 0 Å². The number of aliphatic carboxylic acids is 1. The number of sulfonamides is 1. The van der Waals surface area contributed by atoms with E-state index in [2.05, 4.69) is 5.10 Å². The number of anilines is 1. The summed E-state index contributed by atoms with van der Waals surface area (Å²) in [6.07, 6.45) is -0.172. The van der Waals surface area contributed by atoms with E-state index in [0.29, 0.717) is 12.1 Å². The van der Waals surface area contributed by atoms with Crippen LogP contribution in [0.15, 0.2) is 29.3 Å². The number of hydrogen-bond acceptors (Lipinski definition) is 8. The molecule has 2 aromatic rings. The Bertz CT molecular complexity index is 1270. The van der Waals surface area contributed by atoms with Crippen LogP contribution in [0, 0.1) is 0 Å². The van der Waals surface area contributed by atoms with Gasteiger partial charge < -0.3 is 19.7 Å². The van der Waals surface area contributed by atoms with Gasteiger partial charge in [0.2, 0.25) is 0 Å². The van der Waals surface area contributed by atoms with Crippen molar-refractivity contribution in [3.8, 4) is 5.75 Å². The smallest absolute Gasteiger partial charge is 0.335 e. The van der Waals surface area contributed by atoms with E-state index in [4.69, 9.17) is 21.1 Å². The molecule has 0 fully saturated rings. The lowest BCUT2D eigenvalue weighted by atomic mass is 9.97. The number of carbonyl (C=O) groups excluding carboxylic acids is 1. The maximum absolute atomic E-state index is 13.7. The molecule has 0 bridgehead atoms. The van der Waals surface area contributed by atoms with Crippen molar-refractivity contribution in [2.24, 2.45) is 0 Å². The topological polar surface area (TPSA) is 148 Å². The highest BCUT2D eigenvalue weighted by atomic mass is 35.5. The second-order valence-corrected chi connectivity index (χ2v) is 12.0. The van der Waals surface area contributed by atoms with Crippen molar-refractivity contribution in [1.82, 2.24) is 9.78 Å². The fourth-order valence-corrected chi connectivity index (χ4v) is 5.66. The number of carbonyl (C=O) groups is 2. The number of nitrogens with zero attached hydrogens (tertiary/aromatic N) is 3. The number of fused-ring (bicyclic) bond motifs is 1. The number of esters is 1. The molecule has 0 spiro atoms. The Hall–Kier alpha value is -2.83. The number of aromatic nitrogens is 2. The highest BCUT2D eigenvalue weighted by Gasteiger charge is 2.41. The molecule has 0 saturated heterocycles. The van der Waals surface area contributed by atoms with Crippen molar-refractivity contribution in [1.29, 1.82) is 0 Å².